The summed E-state index contributed by atoms with van der Waals surface area (Å²) in [4.78, 5) is 2.41. The van der Waals surface area contributed by atoms with Gasteiger partial charge in [0.25, 0.3) is 0 Å². The van der Waals surface area contributed by atoms with Crippen molar-refractivity contribution in [1.82, 2.24) is 10.2 Å². The van der Waals surface area contributed by atoms with Crippen LogP contribution in [0.2, 0.25) is 0 Å². The largest absolute Gasteiger partial charge is 0.378 e. The molecule has 2 aliphatic rings. The summed E-state index contributed by atoms with van der Waals surface area (Å²) in [5.41, 5.74) is 0.359. The zero-order valence-corrected chi connectivity index (χ0v) is 6.39. The van der Waals surface area contributed by atoms with E-state index in [2.05, 4.69) is 17.3 Å². The van der Waals surface area contributed by atoms with Crippen LogP contribution in [0.1, 0.15) is 0 Å². The number of nitrogens with zero attached hydrogens (tertiary/aromatic N) is 1. The highest BCUT2D eigenvalue weighted by Crippen LogP contribution is 2.21. The molecule has 3 heteroatoms. The molecule has 3 nitrogen and oxygen atoms in total. The van der Waals surface area contributed by atoms with Gasteiger partial charge in [-0.25, -0.2) is 0 Å². The summed E-state index contributed by atoms with van der Waals surface area (Å²) >= 11 is 0. The Labute approximate surface area is 61.3 Å². The first kappa shape index (κ1) is 6.58. The first-order chi connectivity index (χ1) is 4.83. The summed E-state index contributed by atoms with van der Waals surface area (Å²) in [5.74, 6) is 0. The van der Waals surface area contributed by atoms with Crippen LogP contribution in [0, 0.1) is 0 Å². The van der Waals surface area contributed by atoms with Gasteiger partial charge in [-0.1, -0.05) is 0 Å². The molecule has 0 amide bonds. The first-order valence-corrected chi connectivity index (χ1v) is 3.83. The van der Waals surface area contributed by atoms with Gasteiger partial charge in [0.05, 0.1) is 18.8 Å². The van der Waals surface area contributed by atoms with Crippen molar-refractivity contribution in [1.29, 1.82) is 0 Å². The number of hydrogen-bond donors (Lipinski definition) is 1. The van der Waals surface area contributed by atoms with E-state index in [1.165, 1.54) is 0 Å². The lowest BCUT2D eigenvalue weighted by Crippen LogP contribution is -2.72. The third-order valence-corrected chi connectivity index (χ3v) is 2.66. The fourth-order valence-electron chi connectivity index (χ4n) is 1.60. The standard InChI is InChI=1S/C7H14N2O/c1-9-2-3-10-6-7(9)4-8-5-7/h8H,2-6H2,1H3. The Morgan fingerprint density at radius 1 is 1.50 bits per heavy atom. The van der Waals surface area contributed by atoms with Crippen LogP contribution in [0.3, 0.4) is 0 Å². The highest BCUT2D eigenvalue weighted by Gasteiger charge is 2.42. The Bertz CT molecular complexity index is 134. The average molecular weight is 142 g/mol. The van der Waals surface area contributed by atoms with Crippen molar-refractivity contribution < 1.29 is 4.74 Å². The van der Waals surface area contributed by atoms with Crippen LogP contribution in [0.15, 0.2) is 0 Å². The fraction of sp³-hybridized carbons (Fsp3) is 1.00. The number of nitrogens with one attached hydrogen (secondary N) is 1. The molecule has 0 atom stereocenters. The molecular weight excluding hydrogens is 128 g/mol. The molecule has 1 N–H and O–H groups in total. The van der Waals surface area contributed by atoms with Crippen LogP contribution < -0.4 is 5.32 Å². The van der Waals surface area contributed by atoms with E-state index in [4.69, 9.17) is 4.74 Å². The first-order valence-electron chi connectivity index (χ1n) is 3.83. The van der Waals surface area contributed by atoms with E-state index < -0.39 is 0 Å². The molecule has 1 spiro atoms. The van der Waals surface area contributed by atoms with Gasteiger partial charge in [-0.15, -0.1) is 0 Å². The molecule has 0 radical (unpaired) electrons. The van der Waals surface area contributed by atoms with Crippen LogP contribution in [-0.2, 0) is 4.74 Å². The SMILES string of the molecule is CN1CCOCC12CNC2. The zero-order valence-electron chi connectivity index (χ0n) is 6.39. The molecule has 2 aliphatic heterocycles. The average Bonchev–Trinajstić information content (AvgIpc) is 1.85. The lowest BCUT2D eigenvalue weighted by atomic mass is 9.91. The molecule has 2 fully saturated rings. The molecule has 0 saturated carbocycles. The molecule has 0 aromatic rings. The van der Waals surface area contributed by atoms with Gasteiger partial charge in [0.15, 0.2) is 0 Å². The summed E-state index contributed by atoms with van der Waals surface area (Å²) in [6, 6.07) is 0. The molecule has 2 heterocycles. The van der Waals surface area contributed by atoms with Crippen LogP contribution in [0.4, 0.5) is 0 Å². The second kappa shape index (κ2) is 2.19. The molecule has 2 rings (SSSR count). The third kappa shape index (κ3) is 0.779. The maximum Gasteiger partial charge on any atom is 0.0692 e. The lowest BCUT2D eigenvalue weighted by molar-refractivity contribution is -0.0801. The van der Waals surface area contributed by atoms with E-state index in [9.17, 15) is 0 Å². The van der Waals surface area contributed by atoms with Crippen molar-refractivity contribution in [2.24, 2.45) is 0 Å². The summed E-state index contributed by atoms with van der Waals surface area (Å²) in [6.45, 7) is 5.10. The smallest absolute Gasteiger partial charge is 0.0692 e. The topological polar surface area (TPSA) is 24.5 Å². The van der Waals surface area contributed by atoms with Crippen molar-refractivity contribution >= 4 is 0 Å². The van der Waals surface area contributed by atoms with Crippen LogP contribution >= 0.6 is 0 Å². The Hall–Kier alpha value is -0.120. The van der Waals surface area contributed by atoms with Gasteiger partial charge in [-0.05, 0) is 7.05 Å². The number of morpholine rings is 1. The van der Waals surface area contributed by atoms with E-state index in [1.807, 2.05) is 0 Å². The Morgan fingerprint density at radius 3 is 2.70 bits per heavy atom. The van der Waals surface area contributed by atoms with E-state index in [-0.39, 0.29) is 0 Å². The van der Waals surface area contributed by atoms with Gasteiger partial charge in [0.1, 0.15) is 0 Å². The molecule has 0 unspecified atom stereocenters. The van der Waals surface area contributed by atoms with Crippen molar-refractivity contribution in [3.8, 4) is 0 Å². The quantitative estimate of drug-likeness (QED) is 0.483. The number of rotatable bonds is 0. The lowest BCUT2D eigenvalue weighted by Gasteiger charge is -2.51. The van der Waals surface area contributed by atoms with Crippen molar-refractivity contribution in [2.75, 3.05) is 39.9 Å². The molecule has 0 aliphatic carbocycles. The van der Waals surface area contributed by atoms with Gasteiger partial charge in [-0.2, -0.15) is 0 Å². The van der Waals surface area contributed by atoms with Gasteiger partial charge < -0.3 is 10.1 Å². The molecule has 0 bridgehead atoms. The minimum absolute atomic E-state index is 0.359. The van der Waals surface area contributed by atoms with Crippen molar-refractivity contribution in [2.45, 2.75) is 5.54 Å². The Morgan fingerprint density at radius 2 is 2.30 bits per heavy atom. The summed E-state index contributed by atoms with van der Waals surface area (Å²) in [6.07, 6.45) is 0. The Kier molecular flexibility index (Phi) is 1.44. The van der Waals surface area contributed by atoms with Crippen LogP contribution in [0.25, 0.3) is 0 Å². The number of likely N-dealkylation sites (N-methyl/N-ethyl adjacent to an activating group) is 1. The van der Waals surface area contributed by atoms with Crippen molar-refractivity contribution in [3.63, 3.8) is 0 Å². The van der Waals surface area contributed by atoms with Gasteiger partial charge in [0.2, 0.25) is 0 Å². The summed E-state index contributed by atoms with van der Waals surface area (Å²) < 4.78 is 5.42. The van der Waals surface area contributed by atoms with Crippen LogP contribution in [0.5, 0.6) is 0 Å². The number of ether oxygens (including phenoxy) is 1. The maximum absolute atomic E-state index is 5.42. The normalized spacial score (nSPS) is 32.1. The molecule has 58 valence electrons. The van der Waals surface area contributed by atoms with Crippen molar-refractivity contribution in [3.05, 3.63) is 0 Å². The second-order valence-corrected chi connectivity index (χ2v) is 3.30. The molecule has 10 heavy (non-hydrogen) atoms. The molecule has 2 saturated heterocycles. The van der Waals surface area contributed by atoms with E-state index >= 15 is 0 Å². The third-order valence-electron chi connectivity index (χ3n) is 2.66. The minimum atomic E-state index is 0.359. The maximum atomic E-state index is 5.42. The zero-order chi connectivity index (χ0) is 7.03. The van der Waals surface area contributed by atoms with E-state index in [0.29, 0.717) is 5.54 Å². The minimum Gasteiger partial charge on any atom is -0.378 e. The molecule has 0 aromatic heterocycles. The van der Waals surface area contributed by atoms with Crippen LogP contribution in [-0.4, -0.2) is 50.3 Å². The summed E-state index contributed by atoms with van der Waals surface area (Å²) in [7, 11) is 2.18. The monoisotopic (exact) mass is 142 g/mol. The van der Waals surface area contributed by atoms with Gasteiger partial charge in [0, 0.05) is 19.6 Å². The fourth-order valence-corrected chi connectivity index (χ4v) is 1.60. The van der Waals surface area contributed by atoms with E-state index in [0.717, 1.165) is 32.8 Å². The predicted octanol–water partition coefficient (Wildman–Crippen LogP) is -0.710. The highest BCUT2D eigenvalue weighted by atomic mass is 16.5. The second-order valence-electron chi connectivity index (χ2n) is 3.30. The van der Waals surface area contributed by atoms with Gasteiger partial charge in [-0.3, -0.25) is 4.90 Å². The Balaban J connectivity index is 2.03. The summed E-state index contributed by atoms with van der Waals surface area (Å²) in [5, 5.41) is 3.28. The van der Waals surface area contributed by atoms with E-state index in [1.54, 1.807) is 0 Å². The number of hydrogen-bond acceptors (Lipinski definition) is 3. The molecule has 0 aromatic carbocycles. The molecular formula is C7H14N2O. The van der Waals surface area contributed by atoms with Gasteiger partial charge >= 0.3 is 0 Å². The highest BCUT2D eigenvalue weighted by molar-refractivity contribution is 5.02. The predicted molar refractivity (Wildman–Crippen MR) is 39.0 cm³/mol.